The van der Waals surface area contributed by atoms with Crippen LogP contribution in [0.15, 0.2) is 58.8 Å². The lowest BCUT2D eigenvalue weighted by atomic mass is 10.2. The van der Waals surface area contributed by atoms with Crippen molar-refractivity contribution >= 4 is 22.3 Å². The molecule has 6 nitrogen and oxygen atoms in total. The Balaban J connectivity index is 1.57. The van der Waals surface area contributed by atoms with Crippen LogP contribution in [-0.4, -0.2) is 19.9 Å². The van der Waals surface area contributed by atoms with Crippen LogP contribution in [0.1, 0.15) is 27.4 Å². The summed E-state index contributed by atoms with van der Waals surface area (Å²) in [6.07, 6.45) is 1.67. The van der Waals surface area contributed by atoms with Gasteiger partial charge in [0.15, 0.2) is 4.96 Å². The summed E-state index contributed by atoms with van der Waals surface area (Å²) in [6.45, 7) is 3.79. The molecule has 0 atom stereocenters. The highest BCUT2D eigenvalue weighted by atomic mass is 32.1. The summed E-state index contributed by atoms with van der Waals surface area (Å²) >= 11 is 1.36. The van der Waals surface area contributed by atoms with Crippen molar-refractivity contribution in [3.8, 4) is 5.69 Å². The van der Waals surface area contributed by atoms with Crippen LogP contribution in [-0.2, 0) is 11.3 Å². The number of aromatic nitrogens is 3. The molecule has 4 aromatic rings. The number of nitrogens with zero attached hydrogens (tertiary/aromatic N) is 3. The van der Waals surface area contributed by atoms with Crippen LogP contribution >= 0.6 is 11.3 Å². The predicted molar refractivity (Wildman–Crippen MR) is 104 cm³/mol. The second-order valence-corrected chi connectivity index (χ2v) is 7.05. The molecule has 136 valence electrons. The number of esters is 1. The van der Waals surface area contributed by atoms with Gasteiger partial charge in [-0.2, -0.15) is 0 Å². The Labute approximate surface area is 159 Å². The van der Waals surface area contributed by atoms with Gasteiger partial charge >= 0.3 is 5.97 Å². The number of benzene rings is 1. The molecule has 0 N–H and O–H groups in total. The van der Waals surface area contributed by atoms with Gasteiger partial charge in [0.1, 0.15) is 6.61 Å². The van der Waals surface area contributed by atoms with E-state index in [1.54, 1.807) is 11.6 Å². The van der Waals surface area contributed by atoms with E-state index in [9.17, 15) is 9.59 Å². The van der Waals surface area contributed by atoms with E-state index in [4.69, 9.17) is 4.74 Å². The fourth-order valence-electron chi connectivity index (χ4n) is 3.12. The smallest absolute Gasteiger partial charge is 0.340 e. The van der Waals surface area contributed by atoms with Crippen LogP contribution in [0, 0.1) is 13.8 Å². The highest BCUT2D eigenvalue weighted by Gasteiger charge is 2.18. The largest absolute Gasteiger partial charge is 0.456 e. The van der Waals surface area contributed by atoms with Gasteiger partial charge in [-0.15, -0.1) is 11.3 Å². The fraction of sp³-hybridized carbons (Fsp3) is 0.150. The van der Waals surface area contributed by atoms with Crippen molar-refractivity contribution in [3.05, 3.63) is 87.0 Å². The molecule has 0 bridgehead atoms. The van der Waals surface area contributed by atoms with E-state index in [2.05, 4.69) is 4.98 Å². The minimum absolute atomic E-state index is 0.0442. The van der Waals surface area contributed by atoms with Crippen molar-refractivity contribution in [2.75, 3.05) is 0 Å². The van der Waals surface area contributed by atoms with Crippen LogP contribution in [0.5, 0.6) is 0 Å². The second-order valence-electron chi connectivity index (χ2n) is 6.17. The van der Waals surface area contributed by atoms with E-state index >= 15 is 0 Å². The fourth-order valence-corrected chi connectivity index (χ4v) is 3.86. The molecule has 1 aromatic carbocycles. The molecule has 0 saturated carbocycles. The van der Waals surface area contributed by atoms with Gasteiger partial charge in [-0.05, 0) is 32.0 Å². The molecule has 4 rings (SSSR count). The van der Waals surface area contributed by atoms with Crippen LogP contribution in [0.3, 0.4) is 0 Å². The minimum atomic E-state index is -0.432. The predicted octanol–water partition coefficient (Wildman–Crippen LogP) is 3.52. The van der Waals surface area contributed by atoms with Crippen molar-refractivity contribution < 1.29 is 9.53 Å². The lowest BCUT2D eigenvalue weighted by Crippen LogP contribution is -2.15. The lowest BCUT2D eigenvalue weighted by Gasteiger charge is -2.09. The maximum absolute atomic E-state index is 12.6. The van der Waals surface area contributed by atoms with Gasteiger partial charge in [-0.25, -0.2) is 9.78 Å². The standard InChI is InChI=1S/C20H17N3O3S/c1-13-10-17(14(2)23(13)16-6-4-3-5-7-16)19(25)26-12-15-11-18(24)22-8-9-27-20(22)21-15/h3-11H,12H2,1-2H3. The molecular weight excluding hydrogens is 362 g/mol. The number of carbonyl (C=O) groups excluding carboxylic acids is 1. The topological polar surface area (TPSA) is 65.6 Å². The second kappa shape index (κ2) is 6.85. The molecule has 0 aliphatic heterocycles. The van der Waals surface area contributed by atoms with Crippen molar-refractivity contribution in [2.24, 2.45) is 0 Å². The number of hydrogen-bond acceptors (Lipinski definition) is 5. The third kappa shape index (κ3) is 3.17. The third-order valence-electron chi connectivity index (χ3n) is 4.37. The molecule has 3 aromatic heterocycles. The first kappa shape index (κ1) is 17.2. The number of aryl methyl sites for hydroxylation is 1. The monoisotopic (exact) mass is 379 g/mol. The first-order chi connectivity index (χ1) is 13.0. The first-order valence-corrected chi connectivity index (χ1v) is 9.30. The van der Waals surface area contributed by atoms with Crippen LogP contribution < -0.4 is 5.56 Å². The molecule has 3 heterocycles. The zero-order valence-corrected chi connectivity index (χ0v) is 15.7. The normalized spacial score (nSPS) is 11.0. The Bertz CT molecular complexity index is 1190. The van der Waals surface area contributed by atoms with Gasteiger partial charge < -0.3 is 9.30 Å². The molecule has 0 radical (unpaired) electrons. The first-order valence-electron chi connectivity index (χ1n) is 8.42. The van der Waals surface area contributed by atoms with Gasteiger partial charge in [-0.1, -0.05) is 18.2 Å². The molecule has 0 aliphatic carbocycles. The molecule has 0 aliphatic rings. The van der Waals surface area contributed by atoms with Crippen molar-refractivity contribution in [2.45, 2.75) is 20.5 Å². The Kier molecular flexibility index (Phi) is 4.37. The molecular formula is C20H17N3O3S. The number of para-hydroxylation sites is 1. The maximum Gasteiger partial charge on any atom is 0.340 e. The molecule has 27 heavy (non-hydrogen) atoms. The van der Waals surface area contributed by atoms with Crippen molar-refractivity contribution in [1.82, 2.24) is 14.0 Å². The molecule has 0 saturated heterocycles. The van der Waals surface area contributed by atoms with Gasteiger partial charge in [-0.3, -0.25) is 9.20 Å². The van der Waals surface area contributed by atoms with Crippen LogP contribution in [0.2, 0.25) is 0 Å². The number of carbonyl (C=O) groups is 1. The van der Waals surface area contributed by atoms with Crippen molar-refractivity contribution in [1.29, 1.82) is 0 Å². The number of thiazole rings is 1. The Hall–Kier alpha value is -3.19. The molecule has 0 fully saturated rings. The number of hydrogen-bond donors (Lipinski definition) is 0. The number of ether oxygens (including phenoxy) is 1. The average Bonchev–Trinajstić information content (AvgIpc) is 3.25. The summed E-state index contributed by atoms with van der Waals surface area (Å²) in [7, 11) is 0. The van der Waals surface area contributed by atoms with Gasteiger partial charge in [0.05, 0.1) is 11.3 Å². The molecule has 7 heteroatoms. The average molecular weight is 379 g/mol. The molecule has 0 spiro atoms. The van der Waals surface area contributed by atoms with Gasteiger partial charge in [0.25, 0.3) is 5.56 Å². The summed E-state index contributed by atoms with van der Waals surface area (Å²) in [5.41, 5.74) is 3.50. The summed E-state index contributed by atoms with van der Waals surface area (Å²) in [5.74, 6) is -0.432. The highest BCUT2D eigenvalue weighted by molar-refractivity contribution is 7.15. The van der Waals surface area contributed by atoms with E-state index in [-0.39, 0.29) is 12.2 Å². The Morgan fingerprint density at radius 3 is 2.74 bits per heavy atom. The van der Waals surface area contributed by atoms with Gasteiger partial charge in [0.2, 0.25) is 0 Å². The zero-order valence-electron chi connectivity index (χ0n) is 14.9. The summed E-state index contributed by atoms with van der Waals surface area (Å²) < 4.78 is 8.90. The molecule has 0 amide bonds. The minimum Gasteiger partial charge on any atom is -0.456 e. The van der Waals surface area contributed by atoms with Crippen LogP contribution in [0.25, 0.3) is 10.6 Å². The van der Waals surface area contributed by atoms with E-state index < -0.39 is 5.97 Å². The van der Waals surface area contributed by atoms with E-state index in [0.717, 1.165) is 17.1 Å². The summed E-state index contributed by atoms with van der Waals surface area (Å²) in [6, 6.07) is 13.0. The van der Waals surface area contributed by atoms with E-state index in [0.29, 0.717) is 16.2 Å². The Morgan fingerprint density at radius 2 is 1.96 bits per heavy atom. The number of rotatable bonds is 4. The van der Waals surface area contributed by atoms with Crippen molar-refractivity contribution in [3.63, 3.8) is 0 Å². The Morgan fingerprint density at radius 1 is 1.19 bits per heavy atom. The number of fused-ring (bicyclic) bond motifs is 1. The van der Waals surface area contributed by atoms with Gasteiger partial charge in [0, 0.05) is 34.7 Å². The SMILES string of the molecule is Cc1cc(C(=O)OCc2cc(=O)n3ccsc3n2)c(C)n1-c1ccccc1. The highest BCUT2D eigenvalue weighted by Crippen LogP contribution is 2.21. The summed E-state index contributed by atoms with van der Waals surface area (Å²) in [4.78, 5) is 29.5. The van der Waals surface area contributed by atoms with Crippen LogP contribution in [0.4, 0.5) is 0 Å². The quantitative estimate of drug-likeness (QED) is 0.509. The zero-order chi connectivity index (χ0) is 19.0. The van der Waals surface area contributed by atoms with E-state index in [1.807, 2.05) is 54.8 Å². The summed E-state index contributed by atoms with van der Waals surface area (Å²) in [5, 5.41) is 1.79. The molecule has 0 unspecified atom stereocenters. The lowest BCUT2D eigenvalue weighted by molar-refractivity contribution is 0.0467. The third-order valence-corrected chi connectivity index (χ3v) is 5.13. The van der Waals surface area contributed by atoms with E-state index in [1.165, 1.54) is 21.8 Å². The maximum atomic E-state index is 12.6.